The Bertz CT molecular complexity index is 598. The molecule has 3 N–H and O–H groups in total. The second-order valence-electron chi connectivity index (χ2n) is 4.10. The molecule has 0 fully saturated rings. The topological polar surface area (TPSA) is 80.9 Å². The van der Waals surface area contributed by atoms with Gasteiger partial charge in [-0.25, -0.2) is 4.98 Å². The fourth-order valence-electron chi connectivity index (χ4n) is 1.50. The first kappa shape index (κ1) is 13.3. The molecule has 0 radical (unpaired) electrons. The van der Waals surface area contributed by atoms with Crippen molar-refractivity contribution in [2.45, 2.75) is 13.5 Å². The minimum absolute atomic E-state index is 0.133. The zero-order chi connectivity index (χ0) is 13.8. The number of halogens is 1. The lowest BCUT2D eigenvalue weighted by atomic mass is 10.2. The van der Waals surface area contributed by atoms with Crippen LogP contribution < -0.4 is 11.1 Å². The number of hydrogen-bond donors (Lipinski definition) is 2. The van der Waals surface area contributed by atoms with E-state index in [0.29, 0.717) is 12.2 Å². The number of amides is 1. The largest absolute Gasteiger partial charge is 0.397 e. The van der Waals surface area contributed by atoms with Gasteiger partial charge in [-0.2, -0.15) is 0 Å². The zero-order valence-corrected chi connectivity index (χ0v) is 11.1. The Morgan fingerprint density at radius 3 is 2.84 bits per heavy atom. The molecule has 6 heteroatoms. The third-order valence-electron chi connectivity index (χ3n) is 2.53. The highest BCUT2D eigenvalue weighted by Gasteiger charge is 2.11. The molecule has 5 nitrogen and oxygen atoms in total. The summed E-state index contributed by atoms with van der Waals surface area (Å²) >= 11 is 5.85. The third kappa shape index (κ3) is 3.42. The fraction of sp³-hybridized carbons (Fsp3) is 0.154. The molecular weight excluding hydrogens is 264 g/mol. The fourth-order valence-corrected chi connectivity index (χ4v) is 1.69. The Kier molecular flexibility index (Phi) is 3.97. The van der Waals surface area contributed by atoms with Crippen LogP contribution in [0.3, 0.4) is 0 Å². The molecular formula is C13H13ClN4O. The van der Waals surface area contributed by atoms with E-state index in [2.05, 4.69) is 15.3 Å². The number of nitrogens with two attached hydrogens (primary N) is 1. The van der Waals surface area contributed by atoms with E-state index in [9.17, 15) is 4.79 Å². The zero-order valence-electron chi connectivity index (χ0n) is 10.4. The van der Waals surface area contributed by atoms with Crippen LogP contribution >= 0.6 is 11.6 Å². The SMILES string of the molecule is Cc1ccc(CNC(=O)c2cc(N)cnc2Cl)cn1. The summed E-state index contributed by atoms with van der Waals surface area (Å²) in [6.45, 7) is 2.28. The Balaban J connectivity index is 2.05. The molecule has 19 heavy (non-hydrogen) atoms. The van der Waals surface area contributed by atoms with E-state index in [-0.39, 0.29) is 16.6 Å². The van der Waals surface area contributed by atoms with Gasteiger partial charge in [0.25, 0.3) is 5.91 Å². The molecule has 0 saturated carbocycles. The van der Waals surface area contributed by atoms with Gasteiger partial charge in [0.2, 0.25) is 0 Å². The molecule has 0 saturated heterocycles. The van der Waals surface area contributed by atoms with Gasteiger partial charge in [-0.05, 0) is 24.6 Å². The maximum Gasteiger partial charge on any atom is 0.254 e. The molecule has 0 aliphatic heterocycles. The molecule has 0 unspecified atom stereocenters. The molecule has 0 spiro atoms. The van der Waals surface area contributed by atoms with Gasteiger partial charge in [-0.15, -0.1) is 0 Å². The number of nitrogens with zero attached hydrogens (tertiary/aromatic N) is 2. The monoisotopic (exact) mass is 276 g/mol. The molecule has 2 rings (SSSR count). The summed E-state index contributed by atoms with van der Waals surface area (Å²) in [4.78, 5) is 19.9. The predicted molar refractivity (Wildman–Crippen MR) is 73.8 cm³/mol. The van der Waals surface area contributed by atoms with Gasteiger partial charge in [-0.3, -0.25) is 9.78 Å². The average molecular weight is 277 g/mol. The highest BCUT2D eigenvalue weighted by atomic mass is 35.5. The Morgan fingerprint density at radius 1 is 1.37 bits per heavy atom. The van der Waals surface area contributed by atoms with E-state index in [1.165, 1.54) is 12.3 Å². The highest BCUT2D eigenvalue weighted by molar-refractivity contribution is 6.32. The van der Waals surface area contributed by atoms with Gasteiger partial charge in [0.15, 0.2) is 0 Å². The molecule has 2 aromatic rings. The van der Waals surface area contributed by atoms with Crippen molar-refractivity contribution in [2.24, 2.45) is 0 Å². The van der Waals surface area contributed by atoms with Crippen molar-refractivity contribution in [1.82, 2.24) is 15.3 Å². The Labute approximate surface area is 115 Å². The van der Waals surface area contributed by atoms with Crippen LogP contribution in [0.4, 0.5) is 5.69 Å². The molecule has 2 heterocycles. The lowest BCUT2D eigenvalue weighted by Crippen LogP contribution is -2.23. The summed E-state index contributed by atoms with van der Waals surface area (Å²) in [5, 5.41) is 2.88. The number of anilines is 1. The second-order valence-corrected chi connectivity index (χ2v) is 4.46. The van der Waals surface area contributed by atoms with Crippen LogP contribution in [-0.2, 0) is 6.54 Å². The minimum atomic E-state index is -0.314. The Hall–Kier alpha value is -2.14. The maximum atomic E-state index is 11.9. The summed E-state index contributed by atoms with van der Waals surface area (Å²) in [6.07, 6.45) is 3.12. The maximum absolute atomic E-state index is 11.9. The van der Waals surface area contributed by atoms with E-state index < -0.39 is 0 Å². The van der Waals surface area contributed by atoms with Crippen LogP contribution in [0.2, 0.25) is 5.15 Å². The number of aryl methyl sites for hydroxylation is 1. The summed E-state index contributed by atoms with van der Waals surface area (Å²) in [6, 6.07) is 5.29. The van der Waals surface area contributed by atoms with Crippen molar-refractivity contribution in [2.75, 3.05) is 5.73 Å². The van der Waals surface area contributed by atoms with Crippen LogP contribution in [0.1, 0.15) is 21.6 Å². The van der Waals surface area contributed by atoms with Gasteiger partial charge >= 0.3 is 0 Å². The van der Waals surface area contributed by atoms with Crippen molar-refractivity contribution in [3.63, 3.8) is 0 Å². The molecule has 98 valence electrons. The van der Waals surface area contributed by atoms with Crippen LogP contribution in [0, 0.1) is 6.92 Å². The molecule has 1 amide bonds. The standard InChI is InChI=1S/C13H13ClN4O/c1-8-2-3-9(5-16-8)6-18-13(19)11-4-10(15)7-17-12(11)14/h2-5,7H,6,15H2,1H3,(H,18,19). The van der Waals surface area contributed by atoms with Gasteiger partial charge in [-0.1, -0.05) is 17.7 Å². The number of pyridine rings is 2. The number of hydrogen-bond acceptors (Lipinski definition) is 4. The highest BCUT2D eigenvalue weighted by Crippen LogP contribution is 2.15. The average Bonchev–Trinajstić information content (AvgIpc) is 2.40. The normalized spacial score (nSPS) is 10.2. The van der Waals surface area contributed by atoms with Crippen molar-refractivity contribution < 1.29 is 4.79 Å². The lowest BCUT2D eigenvalue weighted by Gasteiger charge is -2.07. The van der Waals surface area contributed by atoms with E-state index >= 15 is 0 Å². The second kappa shape index (κ2) is 5.67. The minimum Gasteiger partial charge on any atom is -0.397 e. The smallest absolute Gasteiger partial charge is 0.254 e. The van der Waals surface area contributed by atoms with Crippen LogP contribution in [0.25, 0.3) is 0 Å². The lowest BCUT2D eigenvalue weighted by molar-refractivity contribution is 0.0950. The van der Waals surface area contributed by atoms with Gasteiger partial charge < -0.3 is 11.1 Å². The van der Waals surface area contributed by atoms with Crippen LogP contribution in [0.5, 0.6) is 0 Å². The third-order valence-corrected chi connectivity index (χ3v) is 2.83. The van der Waals surface area contributed by atoms with E-state index in [0.717, 1.165) is 11.3 Å². The number of nitrogens with one attached hydrogen (secondary N) is 1. The number of carbonyl (C=O) groups excluding carboxylic acids is 1. The van der Waals surface area contributed by atoms with Crippen LogP contribution in [-0.4, -0.2) is 15.9 Å². The first-order valence-electron chi connectivity index (χ1n) is 5.67. The predicted octanol–water partition coefficient (Wildman–Crippen LogP) is 1.95. The summed E-state index contributed by atoms with van der Waals surface area (Å²) in [7, 11) is 0. The number of carbonyl (C=O) groups is 1. The van der Waals surface area contributed by atoms with Crippen molar-refractivity contribution >= 4 is 23.2 Å². The number of nitrogen functional groups attached to an aromatic ring is 1. The first-order chi connectivity index (χ1) is 9.06. The Morgan fingerprint density at radius 2 is 2.16 bits per heavy atom. The quantitative estimate of drug-likeness (QED) is 0.840. The molecule has 0 aliphatic rings. The van der Waals surface area contributed by atoms with E-state index in [4.69, 9.17) is 17.3 Å². The number of aromatic nitrogens is 2. The van der Waals surface area contributed by atoms with Crippen molar-refractivity contribution in [1.29, 1.82) is 0 Å². The van der Waals surface area contributed by atoms with Crippen molar-refractivity contribution in [3.8, 4) is 0 Å². The molecule has 0 aromatic carbocycles. The van der Waals surface area contributed by atoms with Gasteiger partial charge in [0.1, 0.15) is 5.15 Å². The molecule has 2 aromatic heterocycles. The molecule has 0 aliphatic carbocycles. The van der Waals surface area contributed by atoms with Crippen molar-refractivity contribution in [3.05, 3.63) is 52.6 Å². The van der Waals surface area contributed by atoms with Crippen LogP contribution in [0.15, 0.2) is 30.6 Å². The van der Waals surface area contributed by atoms with Gasteiger partial charge in [0.05, 0.1) is 17.4 Å². The first-order valence-corrected chi connectivity index (χ1v) is 6.05. The van der Waals surface area contributed by atoms with E-state index in [1.807, 2.05) is 19.1 Å². The summed E-state index contributed by atoms with van der Waals surface area (Å²) in [5.74, 6) is -0.314. The summed E-state index contributed by atoms with van der Waals surface area (Å²) in [5.41, 5.74) is 8.08. The molecule has 0 bridgehead atoms. The van der Waals surface area contributed by atoms with Gasteiger partial charge in [0, 0.05) is 18.4 Å². The molecule has 0 atom stereocenters. The number of rotatable bonds is 3. The van der Waals surface area contributed by atoms with E-state index in [1.54, 1.807) is 6.20 Å². The summed E-state index contributed by atoms with van der Waals surface area (Å²) < 4.78 is 0.